The Labute approximate surface area is 190 Å². The summed E-state index contributed by atoms with van der Waals surface area (Å²) in [6, 6.07) is 2.22. The molecule has 32 heavy (non-hydrogen) atoms. The predicted molar refractivity (Wildman–Crippen MR) is 117 cm³/mol. The van der Waals surface area contributed by atoms with Crippen molar-refractivity contribution in [2.24, 2.45) is 5.41 Å². The maximum absolute atomic E-state index is 13.6. The average molecular weight is 450 g/mol. The normalized spacial score (nSPS) is 23.0. The fraction of sp³-hybridized carbons (Fsp3) is 0.625. The molecule has 2 unspecified atom stereocenters. The van der Waals surface area contributed by atoms with Gasteiger partial charge in [0.15, 0.2) is 11.5 Å². The van der Waals surface area contributed by atoms with Crippen LogP contribution in [-0.4, -0.2) is 62.6 Å². The van der Waals surface area contributed by atoms with Gasteiger partial charge < -0.3 is 24.1 Å². The van der Waals surface area contributed by atoms with Crippen molar-refractivity contribution in [1.82, 2.24) is 0 Å². The van der Waals surface area contributed by atoms with Crippen LogP contribution in [-0.2, 0) is 14.4 Å². The summed E-state index contributed by atoms with van der Waals surface area (Å²) in [4.78, 5) is 39.2. The Bertz CT molecular complexity index is 854. The molecule has 1 aliphatic rings. The molecule has 2 rings (SSSR count). The van der Waals surface area contributed by atoms with Gasteiger partial charge in [0, 0.05) is 17.8 Å². The van der Waals surface area contributed by atoms with Crippen molar-refractivity contribution in [3.63, 3.8) is 0 Å². The zero-order valence-electron chi connectivity index (χ0n) is 20.1. The van der Waals surface area contributed by atoms with Gasteiger partial charge >= 0.3 is 5.91 Å². The molecule has 0 spiro atoms. The quantitative estimate of drug-likeness (QED) is 0.398. The highest BCUT2D eigenvalue weighted by Gasteiger charge is 2.57. The lowest BCUT2D eigenvalue weighted by molar-refractivity contribution is -0.858. The third-order valence-electron chi connectivity index (χ3n) is 6.83. The second kappa shape index (κ2) is 9.90. The molecule has 1 aromatic carbocycles. The summed E-state index contributed by atoms with van der Waals surface area (Å²) in [6.45, 7) is 7.66. The number of rotatable bonds is 10. The summed E-state index contributed by atoms with van der Waals surface area (Å²) >= 11 is 0. The first kappa shape index (κ1) is 25.6. The van der Waals surface area contributed by atoms with Gasteiger partial charge in [-0.3, -0.25) is 4.79 Å². The summed E-state index contributed by atoms with van der Waals surface area (Å²) in [5, 5.41) is 12.5. The van der Waals surface area contributed by atoms with Crippen LogP contribution in [0.3, 0.4) is 0 Å². The molecule has 1 heterocycles. The lowest BCUT2D eigenvalue weighted by Crippen LogP contribution is -2.65. The topological polar surface area (TPSA) is 102 Å². The minimum atomic E-state index is -1.34. The standard InChI is InChI=1S/C24H35NO7/c1-8-11-25(22(27)21(26)24(3,4)9-2)12-10-16(19(25)23(28)29)15-13-17(30-5)20(32-7)18(14-15)31-6/h13-14,16,19H,8-12H2,1-7H3/t16?,19-,25?/m0/s1. The number of quaternary nitrogens is 1. The number of methoxy groups -OCH3 is 3. The minimum Gasteiger partial charge on any atom is -0.544 e. The highest BCUT2D eigenvalue weighted by atomic mass is 16.5. The van der Waals surface area contributed by atoms with Gasteiger partial charge in [-0.15, -0.1) is 0 Å². The van der Waals surface area contributed by atoms with Gasteiger partial charge in [-0.1, -0.05) is 27.7 Å². The smallest absolute Gasteiger partial charge is 0.382 e. The summed E-state index contributed by atoms with van der Waals surface area (Å²) < 4.78 is 15.8. The Hall–Kier alpha value is -2.61. The molecule has 0 aromatic heterocycles. The number of carboxylic acids is 1. The van der Waals surface area contributed by atoms with Gasteiger partial charge in [-0.2, -0.15) is 0 Å². The van der Waals surface area contributed by atoms with E-state index in [0.29, 0.717) is 42.1 Å². The zero-order valence-corrected chi connectivity index (χ0v) is 20.1. The van der Waals surface area contributed by atoms with E-state index in [1.165, 1.54) is 21.3 Å². The van der Waals surface area contributed by atoms with E-state index in [9.17, 15) is 19.5 Å². The fourth-order valence-corrected chi connectivity index (χ4v) is 4.67. The first-order valence-electron chi connectivity index (χ1n) is 11.0. The van der Waals surface area contributed by atoms with Gasteiger partial charge in [0.2, 0.25) is 5.75 Å². The first-order chi connectivity index (χ1) is 15.0. The van der Waals surface area contributed by atoms with E-state index in [0.717, 1.165) is 0 Å². The van der Waals surface area contributed by atoms with Gasteiger partial charge in [-0.25, -0.2) is 9.28 Å². The third-order valence-corrected chi connectivity index (χ3v) is 6.83. The molecule has 0 N–H and O–H groups in total. The van der Waals surface area contributed by atoms with Gasteiger partial charge in [0.25, 0.3) is 5.78 Å². The molecule has 0 radical (unpaired) electrons. The van der Waals surface area contributed by atoms with E-state index in [1.54, 1.807) is 26.0 Å². The Kier molecular flexibility index (Phi) is 7.93. The van der Waals surface area contributed by atoms with E-state index < -0.39 is 39.5 Å². The number of carbonyl (C=O) groups excluding carboxylic acids is 3. The number of hydrogen-bond acceptors (Lipinski definition) is 7. The van der Waals surface area contributed by atoms with Crippen LogP contribution in [0, 0.1) is 5.41 Å². The van der Waals surface area contributed by atoms with Crippen LogP contribution in [0.2, 0.25) is 0 Å². The van der Waals surface area contributed by atoms with Crippen LogP contribution >= 0.6 is 0 Å². The molecule has 8 nitrogen and oxygen atoms in total. The highest BCUT2D eigenvalue weighted by molar-refractivity contribution is 6.35. The molecule has 0 bridgehead atoms. The van der Waals surface area contributed by atoms with Crippen molar-refractivity contribution in [3.8, 4) is 17.2 Å². The van der Waals surface area contributed by atoms with E-state index in [1.807, 2.05) is 13.8 Å². The average Bonchev–Trinajstić information content (AvgIpc) is 3.17. The molecule has 1 fully saturated rings. The highest BCUT2D eigenvalue weighted by Crippen LogP contribution is 2.46. The Morgan fingerprint density at radius 3 is 2.03 bits per heavy atom. The molecule has 1 amide bonds. The summed E-state index contributed by atoms with van der Waals surface area (Å²) in [5.74, 6) is -1.89. The van der Waals surface area contributed by atoms with Crippen LogP contribution < -0.4 is 19.3 Å². The largest absolute Gasteiger partial charge is 0.544 e. The number of Topliss-reactive ketones (excluding diaryl/α,β-unsaturated/α-hetero) is 1. The van der Waals surface area contributed by atoms with Crippen LogP contribution in [0.5, 0.6) is 17.2 Å². The number of carboxylic acid groups (broad SMARTS) is 1. The predicted octanol–water partition coefficient (Wildman–Crippen LogP) is 2.08. The lowest BCUT2D eigenvalue weighted by Gasteiger charge is -2.40. The molecule has 3 atom stereocenters. The van der Waals surface area contributed by atoms with Gasteiger partial charge in [0.1, 0.15) is 12.0 Å². The van der Waals surface area contributed by atoms with E-state index in [4.69, 9.17) is 14.2 Å². The van der Waals surface area contributed by atoms with Crippen molar-refractivity contribution in [2.75, 3.05) is 34.4 Å². The number of ketones is 1. The number of benzene rings is 1. The number of hydrogen-bond donors (Lipinski definition) is 0. The van der Waals surface area contributed by atoms with E-state index >= 15 is 0 Å². The summed E-state index contributed by atoms with van der Waals surface area (Å²) in [7, 11) is 4.46. The SMILES string of the molecule is CCC[N+]1(C(=O)C(=O)C(C)(C)CC)CCC(c2cc(OC)c(OC)c(OC)c2)[C@H]1C(=O)[O-]. The van der Waals surface area contributed by atoms with Crippen molar-refractivity contribution in [1.29, 1.82) is 0 Å². The maximum Gasteiger partial charge on any atom is 0.382 e. The van der Waals surface area contributed by atoms with E-state index in [2.05, 4.69) is 0 Å². The second-order valence-electron chi connectivity index (χ2n) is 8.97. The van der Waals surface area contributed by atoms with Crippen molar-refractivity contribution < 1.29 is 38.2 Å². The van der Waals surface area contributed by atoms with Crippen molar-refractivity contribution >= 4 is 17.7 Å². The van der Waals surface area contributed by atoms with Gasteiger partial charge in [-0.05, 0) is 30.5 Å². The molecule has 1 aliphatic heterocycles. The number of aliphatic carboxylic acids is 1. The van der Waals surface area contributed by atoms with Crippen LogP contribution in [0.1, 0.15) is 58.4 Å². The summed E-state index contributed by atoms with van der Waals surface area (Å²) in [6.07, 6.45) is 1.44. The molecule has 0 aliphatic carbocycles. The lowest BCUT2D eigenvalue weighted by atomic mass is 9.83. The minimum absolute atomic E-state index is 0.248. The number of amides is 1. The van der Waals surface area contributed by atoms with Crippen LogP contribution in [0.15, 0.2) is 12.1 Å². The van der Waals surface area contributed by atoms with Crippen LogP contribution in [0.25, 0.3) is 0 Å². The summed E-state index contributed by atoms with van der Waals surface area (Å²) in [5.41, 5.74) is -0.225. The van der Waals surface area contributed by atoms with Crippen molar-refractivity contribution in [3.05, 3.63) is 17.7 Å². The molecular formula is C24H35NO7. The van der Waals surface area contributed by atoms with Crippen molar-refractivity contribution in [2.45, 2.75) is 58.9 Å². The van der Waals surface area contributed by atoms with Gasteiger partial charge in [0.05, 0.1) is 34.4 Å². The monoisotopic (exact) mass is 449 g/mol. The molecule has 0 saturated carbocycles. The first-order valence-corrected chi connectivity index (χ1v) is 11.0. The number of ether oxygens (including phenoxy) is 3. The number of likely N-dealkylation sites (tertiary alicyclic amines) is 1. The molecule has 1 saturated heterocycles. The van der Waals surface area contributed by atoms with E-state index in [-0.39, 0.29) is 13.1 Å². The number of carbonyl (C=O) groups is 3. The molecule has 1 aromatic rings. The maximum atomic E-state index is 13.6. The Morgan fingerprint density at radius 1 is 1.06 bits per heavy atom. The molecule has 8 heteroatoms. The molecule has 178 valence electrons. The van der Waals surface area contributed by atoms with Crippen LogP contribution in [0.4, 0.5) is 0 Å². The number of nitrogens with zero attached hydrogens (tertiary/aromatic N) is 1. The Morgan fingerprint density at radius 2 is 1.62 bits per heavy atom. The zero-order chi connectivity index (χ0) is 24.3. The fourth-order valence-electron chi connectivity index (χ4n) is 4.67. The second-order valence-corrected chi connectivity index (χ2v) is 8.97. The molecular weight excluding hydrogens is 414 g/mol. The Balaban J connectivity index is 2.63. The third kappa shape index (κ3) is 4.33.